The number of aliphatic hydroxyl groups is 5. The lowest BCUT2D eigenvalue weighted by Gasteiger charge is -2.65. The van der Waals surface area contributed by atoms with E-state index >= 15 is 0 Å². The van der Waals surface area contributed by atoms with Gasteiger partial charge in [-0.25, -0.2) is 4.79 Å². The van der Waals surface area contributed by atoms with E-state index < -0.39 is 58.8 Å². The number of nitrogens with zero attached hydrogens (tertiary/aromatic N) is 1. The molecule has 2 heterocycles. The fourth-order valence-electron chi connectivity index (χ4n) is 9.88. The number of hydrogen-bond acceptors (Lipinski definition) is 11. The highest BCUT2D eigenvalue weighted by Crippen LogP contribution is 2.70. The molecule has 11 nitrogen and oxygen atoms in total. The van der Waals surface area contributed by atoms with Gasteiger partial charge in [0.1, 0.15) is 24.9 Å². The van der Waals surface area contributed by atoms with Crippen LogP contribution in [0.25, 0.3) is 0 Å². The summed E-state index contributed by atoms with van der Waals surface area (Å²) in [5, 5.41) is 68.7. The van der Waals surface area contributed by atoms with Crippen LogP contribution in [0.15, 0.2) is 16.8 Å². The zero-order valence-electron chi connectivity index (χ0n) is 23.2. The maximum Gasteiger partial charge on any atom is 0.331 e. The number of carbonyl (C=O) groups excluding carboxylic acids is 1. The van der Waals surface area contributed by atoms with Crippen molar-refractivity contribution in [2.75, 3.05) is 6.61 Å². The highest BCUT2D eigenvalue weighted by atomic mass is 16.7. The van der Waals surface area contributed by atoms with Crippen LogP contribution >= 0.6 is 0 Å². The lowest BCUT2D eigenvalue weighted by Crippen LogP contribution is -2.69. The predicted octanol–water partition coefficient (Wildman–Crippen LogP) is 1.01. The predicted molar refractivity (Wildman–Crippen MR) is 139 cm³/mol. The molecular formula is C29H43NO10. The summed E-state index contributed by atoms with van der Waals surface area (Å²) in [4.78, 5) is 11.8. The lowest BCUT2D eigenvalue weighted by atomic mass is 9.41. The number of aliphatic hydroxyl groups excluding tert-OH is 3. The summed E-state index contributed by atoms with van der Waals surface area (Å²) in [6.07, 6.45) is 1.55. The minimum atomic E-state index is -1.43. The van der Waals surface area contributed by atoms with E-state index in [1.807, 2.05) is 0 Å². The maximum atomic E-state index is 12.4. The Bertz CT molecular complexity index is 1080. The third-order valence-electron chi connectivity index (χ3n) is 12.0. The highest BCUT2D eigenvalue weighted by molar-refractivity contribution is 5.85. The second-order valence-corrected chi connectivity index (χ2v) is 13.5. The zero-order chi connectivity index (χ0) is 28.7. The highest BCUT2D eigenvalue weighted by Gasteiger charge is 2.71. The van der Waals surface area contributed by atoms with Crippen molar-refractivity contribution in [3.63, 3.8) is 0 Å². The van der Waals surface area contributed by atoms with Crippen molar-refractivity contribution in [3.8, 4) is 0 Å². The average Bonchev–Trinajstić information content (AvgIpc) is 3.46. The molecule has 0 aromatic carbocycles. The lowest BCUT2D eigenvalue weighted by molar-refractivity contribution is -0.316. The van der Waals surface area contributed by atoms with Crippen molar-refractivity contribution in [2.45, 2.75) is 120 Å². The number of fused-ring (bicyclic) bond motifs is 5. The average molecular weight is 566 g/mol. The van der Waals surface area contributed by atoms with Crippen molar-refractivity contribution in [1.82, 2.24) is 0 Å². The molecule has 4 saturated carbocycles. The molecule has 2 aliphatic heterocycles. The molecule has 40 heavy (non-hydrogen) atoms. The van der Waals surface area contributed by atoms with Crippen LogP contribution in [0.3, 0.4) is 0 Å². The second kappa shape index (κ2) is 9.72. The maximum absolute atomic E-state index is 12.4. The zero-order valence-corrected chi connectivity index (χ0v) is 23.2. The van der Waals surface area contributed by atoms with E-state index in [9.17, 15) is 35.5 Å². The molecule has 5 fully saturated rings. The number of carbonyl (C=O) groups is 1. The minimum absolute atomic E-state index is 0.0514. The SMILES string of the molecule is C[C@@H]1O[C@H](O[C@@H]2CC[C@]3(/C=N\O)[C@H]4CC[C@]5(C)[C@H](C6=CC(=O)OC6)CC[C@]5(O)[C@@H]4CC[C@]3(O)C2)[C@H](O)[C@@H](O)[C@H]1O. The van der Waals surface area contributed by atoms with Crippen molar-refractivity contribution < 1.29 is 49.7 Å². The van der Waals surface area contributed by atoms with Gasteiger partial charge in [-0.2, -0.15) is 0 Å². The van der Waals surface area contributed by atoms with Crippen molar-refractivity contribution >= 4 is 12.2 Å². The van der Waals surface area contributed by atoms with Gasteiger partial charge in [0.25, 0.3) is 0 Å². The molecule has 0 spiro atoms. The standard InChI is InChI=1S/C29H43NO10/c1-15-22(32)23(33)24(34)25(39-15)40-17-3-8-27(14-30-37)19-4-7-26(2)18(16-11-21(31)38-13-16)6-10-29(26,36)20(19)5-9-28(27,35)12-17/h11,14-15,17-20,22-25,32-37H,3-10,12-13H2,1-2H3/b30-14-/t15-,17+,18-,19-,20+,22-,23-,24+,25+,26+,27-,28-,29-/m0/s1. The number of cyclic esters (lactones) is 1. The molecule has 0 amide bonds. The van der Waals surface area contributed by atoms with Crippen molar-refractivity contribution in [1.29, 1.82) is 0 Å². The Balaban J connectivity index is 1.24. The molecule has 13 atom stereocenters. The smallest absolute Gasteiger partial charge is 0.331 e. The van der Waals surface area contributed by atoms with Crippen LogP contribution in [0.1, 0.15) is 71.6 Å². The summed E-state index contributed by atoms with van der Waals surface area (Å²) in [6, 6.07) is 0. The van der Waals surface area contributed by atoms with E-state index in [0.29, 0.717) is 38.5 Å². The van der Waals surface area contributed by atoms with E-state index in [1.165, 1.54) is 6.21 Å². The van der Waals surface area contributed by atoms with Crippen LogP contribution in [0.2, 0.25) is 0 Å². The molecule has 224 valence electrons. The van der Waals surface area contributed by atoms with Gasteiger partial charge in [0.2, 0.25) is 0 Å². The summed E-state index contributed by atoms with van der Waals surface area (Å²) in [5.74, 6) is -0.514. The largest absolute Gasteiger partial charge is 0.458 e. The van der Waals surface area contributed by atoms with Crippen LogP contribution in [0.4, 0.5) is 0 Å². The second-order valence-electron chi connectivity index (χ2n) is 13.5. The van der Waals surface area contributed by atoms with Gasteiger partial charge in [0.15, 0.2) is 6.29 Å². The minimum Gasteiger partial charge on any atom is -0.458 e. The Hall–Kier alpha value is -1.60. The Morgan fingerprint density at radius 3 is 2.45 bits per heavy atom. The number of oxime groups is 1. The molecule has 1 saturated heterocycles. The van der Waals surface area contributed by atoms with E-state index in [4.69, 9.17) is 14.2 Å². The van der Waals surface area contributed by atoms with E-state index in [2.05, 4.69) is 12.1 Å². The van der Waals surface area contributed by atoms with Gasteiger partial charge in [-0.1, -0.05) is 6.92 Å². The first-order chi connectivity index (χ1) is 18.9. The fourth-order valence-corrected chi connectivity index (χ4v) is 9.88. The molecular weight excluding hydrogens is 522 g/mol. The molecule has 0 unspecified atom stereocenters. The van der Waals surface area contributed by atoms with Gasteiger partial charge < -0.3 is 45.0 Å². The number of ether oxygens (including phenoxy) is 3. The number of hydrogen-bond donors (Lipinski definition) is 6. The Morgan fingerprint density at radius 1 is 1.00 bits per heavy atom. The molecule has 0 radical (unpaired) electrons. The summed E-state index contributed by atoms with van der Waals surface area (Å²) < 4.78 is 16.9. The summed E-state index contributed by atoms with van der Waals surface area (Å²) in [5.41, 5.74) is -2.62. The van der Waals surface area contributed by atoms with E-state index in [1.54, 1.807) is 13.0 Å². The Kier molecular flexibility index (Phi) is 6.93. The first kappa shape index (κ1) is 28.5. The van der Waals surface area contributed by atoms with Gasteiger partial charge in [0, 0.05) is 23.3 Å². The molecule has 4 aliphatic carbocycles. The molecule has 6 rings (SSSR count). The number of esters is 1. The summed E-state index contributed by atoms with van der Waals surface area (Å²) >= 11 is 0. The summed E-state index contributed by atoms with van der Waals surface area (Å²) in [6.45, 7) is 4.00. The third kappa shape index (κ3) is 3.88. The van der Waals surface area contributed by atoms with Crippen molar-refractivity contribution in [2.24, 2.45) is 33.7 Å². The summed E-state index contributed by atoms with van der Waals surface area (Å²) in [7, 11) is 0. The quantitative estimate of drug-likeness (QED) is 0.0947. The van der Waals surface area contributed by atoms with Gasteiger partial charge in [0.05, 0.1) is 29.6 Å². The van der Waals surface area contributed by atoms with Gasteiger partial charge in [-0.15, -0.1) is 5.16 Å². The van der Waals surface area contributed by atoms with Gasteiger partial charge >= 0.3 is 5.97 Å². The Labute approximate surface area is 233 Å². The van der Waals surface area contributed by atoms with E-state index in [-0.39, 0.29) is 36.8 Å². The van der Waals surface area contributed by atoms with Crippen molar-refractivity contribution in [3.05, 3.63) is 11.6 Å². The first-order valence-electron chi connectivity index (χ1n) is 14.7. The van der Waals surface area contributed by atoms with Crippen LogP contribution in [-0.2, 0) is 19.0 Å². The molecule has 6 aliphatic rings. The van der Waals surface area contributed by atoms with Crippen LogP contribution < -0.4 is 0 Å². The molecule has 0 bridgehead atoms. The normalized spacial score (nSPS) is 54.4. The van der Waals surface area contributed by atoms with Gasteiger partial charge in [-0.05, 0) is 81.6 Å². The molecule has 6 N–H and O–H groups in total. The third-order valence-corrected chi connectivity index (χ3v) is 12.0. The van der Waals surface area contributed by atoms with Gasteiger partial charge in [-0.3, -0.25) is 0 Å². The van der Waals surface area contributed by atoms with Crippen LogP contribution in [0.5, 0.6) is 0 Å². The topological polar surface area (TPSA) is 178 Å². The molecule has 0 aromatic rings. The number of rotatable bonds is 4. The van der Waals surface area contributed by atoms with Crippen LogP contribution in [0, 0.1) is 28.6 Å². The Morgan fingerprint density at radius 2 is 1.75 bits per heavy atom. The fraction of sp³-hybridized carbons (Fsp3) is 0.862. The molecule has 11 heteroatoms. The first-order valence-corrected chi connectivity index (χ1v) is 14.7. The molecule has 0 aromatic heterocycles. The monoisotopic (exact) mass is 565 g/mol. The van der Waals surface area contributed by atoms with Crippen LogP contribution in [-0.4, -0.2) is 97.5 Å². The van der Waals surface area contributed by atoms with E-state index in [0.717, 1.165) is 18.4 Å².